The van der Waals surface area contributed by atoms with Crippen LogP contribution in [0.25, 0.3) is 10.9 Å². The second-order valence-electron chi connectivity index (χ2n) is 14.7. The summed E-state index contributed by atoms with van der Waals surface area (Å²) in [5, 5.41) is 6.54. The number of nitrogens with one attached hydrogen (secondary N) is 3. The lowest BCUT2D eigenvalue weighted by Crippen LogP contribution is -2.50. The summed E-state index contributed by atoms with van der Waals surface area (Å²) in [5.41, 5.74) is 1.46. The number of aromatic nitrogens is 1. The molecule has 1 saturated heterocycles. The third kappa shape index (κ3) is 9.04. The number of fused-ring (bicyclic) bond motifs is 1. The summed E-state index contributed by atoms with van der Waals surface area (Å²) in [4.78, 5) is 44.2. The van der Waals surface area contributed by atoms with Gasteiger partial charge >= 0.3 is 19.2 Å². The maximum absolute atomic E-state index is 14.2. The molecule has 1 fully saturated rings. The van der Waals surface area contributed by atoms with Crippen molar-refractivity contribution < 1.29 is 37.9 Å². The van der Waals surface area contributed by atoms with Gasteiger partial charge in [0.1, 0.15) is 18.2 Å². The third-order valence-corrected chi connectivity index (χ3v) is 9.61. The number of carbonyl (C=O) groups excluding carboxylic acids is 3. The van der Waals surface area contributed by atoms with E-state index >= 15 is 0 Å². The number of methoxy groups -OCH3 is 1. The minimum atomic E-state index is -1.34. The average molecular weight is 753 g/mol. The van der Waals surface area contributed by atoms with Gasteiger partial charge in [0.15, 0.2) is 11.8 Å². The van der Waals surface area contributed by atoms with Crippen LogP contribution in [-0.4, -0.2) is 60.0 Å². The minimum Gasteiger partial charge on any atom is -0.494 e. The summed E-state index contributed by atoms with van der Waals surface area (Å²) in [6.07, 6.45) is 0.980. The summed E-state index contributed by atoms with van der Waals surface area (Å²) in [6, 6.07) is 15.3. The Hall–Kier alpha value is -4.23. The zero-order valence-corrected chi connectivity index (χ0v) is 32.0. The Balaban J connectivity index is 1.44. The molecule has 1 aromatic heterocycles. The highest BCUT2D eigenvalue weighted by atomic mass is 35.5. The topological polar surface area (TPSA) is 137 Å². The first-order valence-electron chi connectivity index (χ1n) is 16.9. The number of halogens is 2. The van der Waals surface area contributed by atoms with Gasteiger partial charge in [0.2, 0.25) is 5.91 Å². The molecule has 0 bridgehead atoms. The molecular formula is C38H44BCl2N3O8. The Morgan fingerprint density at radius 1 is 0.923 bits per heavy atom. The maximum atomic E-state index is 14.2. The molecule has 0 saturated carbocycles. The van der Waals surface area contributed by atoms with Crippen molar-refractivity contribution in [1.82, 2.24) is 15.6 Å². The minimum absolute atomic E-state index is 0.0147. The highest BCUT2D eigenvalue weighted by molar-refractivity contribution is 6.62. The maximum Gasteiger partial charge on any atom is 0.494 e. The molecule has 4 aromatic rings. The van der Waals surface area contributed by atoms with Crippen LogP contribution in [0.2, 0.25) is 10.0 Å². The molecule has 11 nitrogen and oxygen atoms in total. The molecule has 276 valence electrons. The molecule has 0 aliphatic carbocycles. The van der Waals surface area contributed by atoms with E-state index in [2.05, 4.69) is 15.6 Å². The molecule has 2 heterocycles. The molecule has 0 radical (unpaired) electrons. The number of hydrogen-bond acceptors (Lipinski definition) is 8. The summed E-state index contributed by atoms with van der Waals surface area (Å²) in [6.45, 7) is 13.1. The van der Waals surface area contributed by atoms with E-state index in [9.17, 15) is 14.4 Å². The van der Waals surface area contributed by atoms with E-state index in [-0.39, 0.29) is 34.4 Å². The fourth-order valence-electron chi connectivity index (χ4n) is 5.66. The zero-order chi connectivity index (χ0) is 38.0. The van der Waals surface area contributed by atoms with E-state index in [0.717, 1.165) is 27.5 Å². The Labute approximate surface area is 314 Å². The van der Waals surface area contributed by atoms with E-state index in [0.29, 0.717) is 0 Å². The number of rotatable bonds is 11. The van der Waals surface area contributed by atoms with Crippen LogP contribution in [0.5, 0.6) is 5.75 Å². The van der Waals surface area contributed by atoms with E-state index in [1.165, 1.54) is 19.2 Å². The van der Waals surface area contributed by atoms with Gasteiger partial charge in [-0.05, 0) is 88.8 Å². The largest absolute Gasteiger partial charge is 0.494 e. The number of carbonyl (C=O) groups is 3. The molecule has 2 amide bonds. The van der Waals surface area contributed by atoms with Crippen LogP contribution in [0, 0.1) is 0 Å². The van der Waals surface area contributed by atoms with Crippen molar-refractivity contribution in [3.63, 3.8) is 0 Å². The molecule has 5 rings (SSSR count). The van der Waals surface area contributed by atoms with Crippen LogP contribution in [-0.2, 0) is 41.4 Å². The number of ether oxygens (including phenoxy) is 3. The van der Waals surface area contributed by atoms with Crippen LogP contribution in [0.15, 0.2) is 66.9 Å². The average Bonchev–Trinajstić information content (AvgIpc) is 3.56. The summed E-state index contributed by atoms with van der Waals surface area (Å²) >= 11 is 12.9. The predicted molar refractivity (Wildman–Crippen MR) is 201 cm³/mol. The van der Waals surface area contributed by atoms with Crippen LogP contribution in [0.4, 0.5) is 4.79 Å². The lowest BCUT2D eigenvalue weighted by Gasteiger charge is -2.32. The number of esters is 1. The van der Waals surface area contributed by atoms with E-state index in [1.807, 2.05) is 76.2 Å². The Morgan fingerprint density at radius 3 is 2.15 bits per heavy atom. The highest BCUT2D eigenvalue weighted by Crippen LogP contribution is 2.38. The monoisotopic (exact) mass is 751 g/mol. The van der Waals surface area contributed by atoms with Crippen molar-refractivity contribution >= 4 is 64.7 Å². The number of aromatic amines is 1. The molecule has 0 spiro atoms. The SMILES string of the molecule is COc1c(Cl)cc([C@H](NC(=O)[C@@H](Cc2c[nH]c3cc(B4OC(C)(C)C(C)(C)O4)ccc23)NC(=O)OCc2ccccc2)C(=O)OC(C)(C)C)cc1Cl. The van der Waals surface area contributed by atoms with Crippen LogP contribution >= 0.6 is 23.2 Å². The smallest absolute Gasteiger partial charge is 0.494 e. The van der Waals surface area contributed by atoms with Crippen molar-refractivity contribution in [3.8, 4) is 5.75 Å². The lowest BCUT2D eigenvalue weighted by molar-refractivity contribution is -0.159. The summed E-state index contributed by atoms with van der Waals surface area (Å²) in [5.74, 6) is -1.23. The quantitative estimate of drug-likeness (QED) is 0.112. The number of alkyl carbamates (subject to hydrolysis) is 1. The molecule has 1 aliphatic heterocycles. The first-order valence-corrected chi connectivity index (χ1v) is 17.6. The van der Waals surface area contributed by atoms with E-state index in [1.54, 1.807) is 27.0 Å². The number of amides is 2. The molecule has 2 atom stereocenters. The van der Waals surface area contributed by atoms with Gasteiger partial charge in [0.25, 0.3) is 0 Å². The first kappa shape index (κ1) is 39.0. The molecule has 3 N–H and O–H groups in total. The normalized spacial score (nSPS) is 16.2. The van der Waals surface area contributed by atoms with Crippen molar-refractivity contribution in [3.05, 3.63) is 93.6 Å². The zero-order valence-electron chi connectivity index (χ0n) is 30.5. The second-order valence-corrected chi connectivity index (χ2v) is 15.5. The van der Waals surface area contributed by atoms with Crippen LogP contribution in [0.3, 0.4) is 0 Å². The van der Waals surface area contributed by atoms with Gasteiger partial charge in [-0.2, -0.15) is 0 Å². The van der Waals surface area contributed by atoms with Gasteiger partial charge in [0.05, 0.1) is 28.4 Å². The fraction of sp³-hybridized carbons (Fsp3) is 0.395. The highest BCUT2D eigenvalue weighted by Gasteiger charge is 2.51. The van der Waals surface area contributed by atoms with Gasteiger partial charge in [-0.3, -0.25) is 4.79 Å². The van der Waals surface area contributed by atoms with Gasteiger partial charge in [0, 0.05) is 23.5 Å². The van der Waals surface area contributed by atoms with Crippen molar-refractivity contribution in [2.75, 3.05) is 7.11 Å². The van der Waals surface area contributed by atoms with Crippen molar-refractivity contribution in [2.45, 2.75) is 90.4 Å². The van der Waals surface area contributed by atoms with Crippen molar-refractivity contribution in [1.29, 1.82) is 0 Å². The number of H-pyrrole nitrogens is 1. The molecule has 1 aliphatic rings. The van der Waals surface area contributed by atoms with Gasteiger partial charge in [-0.15, -0.1) is 0 Å². The number of hydrogen-bond donors (Lipinski definition) is 3. The van der Waals surface area contributed by atoms with Crippen LogP contribution < -0.4 is 20.8 Å². The number of benzene rings is 3. The van der Waals surface area contributed by atoms with Crippen LogP contribution in [0.1, 0.15) is 71.2 Å². The summed E-state index contributed by atoms with van der Waals surface area (Å²) in [7, 11) is 0.849. The first-order chi connectivity index (χ1) is 24.4. The Bertz CT molecular complexity index is 1900. The van der Waals surface area contributed by atoms with Crippen molar-refractivity contribution in [2.24, 2.45) is 0 Å². The molecule has 3 aromatic carbocycles. The second kappa shape index (κ2) is 15.4. The Kier molecular flexibility index (Phi) is 11.5. The third-order valence-electron chi connectivity index (χ3n) is 9.05. The molecule has 14 heteroatoms. The Morgan fingerprint density at radius 2 is 1.56 bits per heavy atom. The molecular weight excluding hydrogens is 708 g/mol. The lowest BCUT2D eigenvalue weighted by atomic mass is 9.78. The van der Waals surface area contributed by atoms with E-state index in [4.69, 9.17) is 46.7 Å². The van der Waals surface area contributed by atoms with Gasteiger partial charge < -0.3 is 39.1 Å². The summed E-state index contributed by atoms with van der Waals surface area (Å²) < 4.78 is 28.9. The molecule has 52 heavy (non-hydrogen) atoms. The van der Waals surface area contributed by atoms with E-state index < -0.39 is 54.0 Å². The fourth-order valence-corrected chi connectivity index (χ4v) is 6.32. The van der Waals surface area contributed by atoms with Gasteiger partial charge in [-0.1, -0.05) is 65.7 Å². The van der Waals surface area contributed by atoms with Gasteiger partial charge in [-0.25, -0.2) is 9.59 Å². The molecule has 0 unspecified atom stereocenters. The standard InChI is InChI=1S/C38H44BCl2N3O8/c1-36(2,3)50-34(46)31(23-16-27(40)32(48-8)28(41)17-23)44-33(45)30(43-35(47)49-21-22-12-10-9-11-13-22)18-24-20-42-29-19-25(14-15-26(24)29)39-51-37(4,5)38(6,7)52-39/h9-17,19-20,30-31,42H,18,21H2,1-8H3,(H,43,47)(H,44,45)/t30-,31+/m1/s1. The predicted octanol–water partition coefficient (Wildman–Crippen LogP) is 6.82.